The zero-order valence-corrected chi connectivity index (χ0v) is 20.4. The van der Waals surface area contributed by atoms with Crippen LogP contribution in [0.25, 0.3) is 0 Å². The van der Waals surface area contributed by atoms with Gasteiger partial charge < -0.3 is 4.74 Å². The smallest absolute Gasteiger partial charge is 0.271 e. The van der Waals surface area contributed by atoms with E-state index >= 15 is 0 Å². The van der Waals surface area contributed by atoms with Gasteiger partial charge >= 0.3 is 0 Å². The van der Waals surface area contributed by atoms with Crippen LogP contribution in [-0.2, 0) is 19.9 Å². The van der Waals surface area contributed by atoms with E-state index in [1.165, 1.54) is 30.3 Å². The third-order valence-corrected chi connectivity index (χ3v) is 7.46. The van der Waals surface area contributed by atoms with Gasteiger partial charge in [0.05, 0.1) is 35.5 Å². The minimum absolute atomic E-state index is 0.0115. The fourth-order valence-corrected chi connectivity index (χ4v) is 5.26. The Morgan fingerprint density at radius 3 is 2.06 bits per heavy atom. The maximum absolute atomic E-state index is 12.8. The lowest BCUT2D eigenvalue weighted by molar-refractivity contribution is -0.384. The largest absolute Gasteiger partial charge is 0.453 e. The molecular formula is C19H13Cl3N2O7S2. The quantitative estimate of drug-likeness (QED) is 0.300. The van der Waals surface area contributed by atoms with Crippen LogP contribution >= 0.6 is 34.8 Å². The van der Waals surface area contributed by atoms with Crippen LogP contribution in [0, 0.1) is 10.1 Å². The molecule has 0 spiro atoms. The number of non-ortho nitro benzene ring substituents is 1. The normalized spacial score (nSPS) is 11.8. The van der Waals surface area contributed by atoms with Crippen LogP contribution < -0.4 is 9.46 Å². The number of nitrogens with zero attached hydrogens (tertiary/aromatic N) is 1. The molecule has 0 atom stereocenters. The average molecular weight is 552 g/mol. The summed E-state index contributed by atoms with van der Waals surface area (Å²) in [6.07, 6.45) is 0.996. The lowest BCUT2D eigenvalue weighted by Crippen LogP contribution is -2.13. The molecule has 0 aliphatic heterocycles. The van der Waals surface area contributed by atoms with Crippen molar-refractivity contribution in [1.82, 2.24) is 0 Å². The zero-order chi connectivity index (χ0) is 24.6. The molecule has 1 N–H and O–H groups in total. The van der Waals surface area contributed by atoms with Crippen LogP contribution in [0.3, 0.4) is 0 Å². The Hall–Kier alpha value is -2.57. The molecule has 3 aromatic carbocycles. The molecule has 3 rings (SSSR count). The molecule has 3 aromatic rings. The Labute approximate surface area is 204 Å². The summed E-state index contributed by atoms with van der Waals surface area (Å²) in [7, 11) is -7.75. The van der Waals surface area contributed by atoms with Crippen molar-refractivity contribution in [2.75, 3.05) is 11.0 Å². The Morgan fingerprint density at radius 2 is 1.52 bits per heavy atom. The first kappa shape index (κ1) is 25.1. The van der Waals surface area contributed by atoms with Gasteiger partial charge in [0.1, 0.15) is 5.75 Å². The highest BCUT2D eigenvalue weighted by molar-refractivity contribution is 7.92. The van der Waals surface area contributed by atoms with Gasteiger partial charge in [-0.3, -0.25) is 14.8 Å². The van der Waals surface area contributed by atoms with E-state index < -0.39 is 24.8 Å². The van der Waals surface area contributed by atoms with Gasteiger partial charge in [0.15, 0.2) is 15.6 Å². The van der Waals surface area contributed by atoms with Crippen molar-refractivity contribution in [3.05, 3.63) is 79.8 Å². The third-order valence-electron chi connectivity index (χ3n) is 4.13. The highest BCUT2D eigenvalue weighted by Gasteiger charge is 2.21. The predicted molar refractivity (Wildman–Crippen MR) is 125 cm³/mol. The van der Waals surface area contributed by atoms with Crippen LogP contribution in [0.1, 0.15) is 0 Å². The van der Waals surface area contributed by atoms with Crippen molar-refractivity contribution in [3.63, 3.8) is 0 Å². The molecule has 0 aliphatic rings. The second kappa shape index (κ2) is 9.35. The van der Waals surface area contributed by atoms with Crippen molar-refractivity contribution >= 4 is 66.0 Å². The molecule has 0 radical (unpaired) electrons. The highest BCUT2D eigenvalue weighted by Crippen LogP contribution is 2.41. The van der Waals surface area contributed by atoms with E-state index in [4.69, 9.17) is 39.5 Å². The summed E-state index contributed by atoms with van der Waals surface area (Å²) in [5.74, 6) is -0.107. The number of halogens is 3. The fraction of sp³-hybridized carbons (Fsp3) is 0.0526. The van der Waals surface area contributed by atoms with Crippen molar-refractivity contribution in [1.29, 1.82) is 0 Å². The Bertz CT molecular complexity index is 1450. The number of nitro groups is 1. The Balaban J connectivity index is 1.91. The molecule has 0 fully saturated rings. The van der Waals surface area contributed by atoms with Crippen LogP contribution in [0.4, 0.5) is 11.4 Å². The van der Waals surface area contributed by atoms with Gasteiger partial charge in [-0.25, -0.2) is 16.8 Å². The van der Waals surface area contributed by atoms with Crippen molar-refractivity contribution < 1.29 is 26.5 Å². The van der Waals surface area contributed by atoms with Crippen molar-refractivity contribution in [2.24, 2.45) is 0 Å². The van der Waals surface area contributed by atoms with E-state index in [-0.39, 0.29) is 47.7 Å². The Morgan fingerprint density at radius 1 is 0.879 bits per heavy atom. The molecule has 0 heterocycles. The third kappa shape index (κ3) is 5.87. The lowest BCUT2D eigenvalue weighted by atomic mass is 10.3. The van der Waals surface area contributed by atoms with Crippen LogP contribution in [0.15, 0.2) is 64.4 Å². The number of hydrogen-bond acceptors (Lipinski definition) is 7. The molecule has 14 heteroatoms. The first-order valence-electron chi connectivity index (χ1n) is 8.72. The van der Waals surface area contributed by atoms with Gasteiger partial charge in [-0.1, -0.05) is 40.9 Å². The van der Waals surface area contributed by atoms with E-state index in [2.05, 4.69) is 4.72 Å². The van der Waals surface area contributed by atoms with Gasteiger partial charge in [-0.05, 0) is 36.4 Å². The SMILES string of the molecule is CS(=O)(=O)c1cccc(NS(=O)(=O)c2cc(Cl)c(Oc3ccc([N+](=O)[O-])cc3Cl)c(Cl)c2)c1. The van der Waals surface area contributed by atoms with E-state index in [0.29, 0.717) is 0 Å². The second-order valence-electron chi connectivity index (χ2n) is 6.60. The molecule has 0 unspecified atom stereocenters. The highest BCUT2D eigenvalue weighted by atomic mass is 35.5. The maximum Gasteiger partial charge on any atom is 0.271 e. The van der Waals surface area contributed by atoms with E-state index in [0.717, 1.165) is 30.5 Å². The van der Waals surface area contributed by atoms with E-state index in [9.17, 15) is 26.9 Å². The van der Waals surface area contributed by atoms with Crippen molar-refractivity contribution in [2.45, 2.75) is 9.79 Å². The number of rotatable bonds is 7. The second-order valence-corrected chi connectivity index (χ2v) is 11.5. The first-order chi connectivity index (χ1) is 15.3. The fourth-order valence-electron chi connectivity index (χ4n) is 2.59. The molecule has 0 saturated carbocycles. The van der Waals surface area contributed by atoms with E-state index in [1.807, 2.05) is 0 Å². The summed E-state index contributed by atoms with van der Waals surface area (Å²) in [5, 5.41) is 10.4. The van der Waals surface area contributed by atoms with Crippen LogP contribution in [0.2, 0.25) is 15.1 Å². The van der Waals surface area contributed by atoms with Gasteiger partial charge in [0.2, 0.25) is 0 Å². The summed E-state index contributed by atoms with van der Waals surface area (Å²) in [6, 6.07) is 10.9. The molecule has 0 amide bonds. The summed E-state index contributed by atoms with van der Waals surface area (Å²) in [5.41, 5.74) is -0.236. The molecule has 174 valence electrons. The van der Waals surface area contributed by atoms with E-state index in [1.54, 1.807) is 0 Å². The topological polar surface area (TPSA) is 133 Å². The van der Waals surface area contributed by atoms with Crippen molar-refractivity contribution in [3.8, 4) is 11.5 Å². The molecule has 0 aliphatic carbocycles. The number of benzene rings is 3. The van der Waals surface area contributed by atoms with Crippen LogP contribution in [0.5, 0.6) is 11.5 Å². The number of sulfone groups is 1. The van der Waals surface area contributed by atoms with Gasteiger partial charge in [0.25, 0.3) is 15.7 Å². The Kier molecular flexibility index (Phi) is 7.10. The molecule has 0 saturated heterocycles. The number of nitro benzene ring substituents is 1. The number of ether oxygens (including phenoxy) is 1. The number of hydrogen-bond donors (Lipinski definition) is 1. The lowest BCUT2D eigenvalue weighted by Gasteiger charge is -2.14. The summed E-state index contributed by atoms with van der Waals surface area (Å²) in [4.78, 5) is 9.82. The number of anilines is 1. The summed E-state index contributed by atoms with van der Waals surface area (Å²) >= 11 is 18.4. The standard InChI is InChI=1S/C19H13Cl3N2O7S2/c1-32(27,28)13-4-2-3-11(7-13)23-33(29,30)14-9-16(21)19(17(22)10-14)31-18-6-5-12(24(25)26)8-15(18)20/h2-10,23H,1H3. The molecular weight excluding hydrogens is 539 g/mol. The van der Waals surface area contributed by atoms with Gasteiger partial charge in [-0.15, -0.1) is 0 Å². The zero-order valence-electron chi connectivity index (χ0n) is 16.5. The number of nitrogens with one attached hydrogen (secondary N) is 1. The van der Waals surface area contributed by atoms with Gasteiger partial charge in [0, 0.05) is 18.4 Å². The molecule has 0 aromatic heterocycles. The molecule has 33 heavy (non-hydrogen) atoms. The molecule has 9 nitrogen and oxygen atoms in total. The predicted octanol–water partition coefficient (Wildman–Crippen LogP) is 5.55. The number of sulfonamides is 1. The summed E-state index contributed by atoms with van der Waals surface area (Å²) in [6.45, 7) is 0. The monoisotopic (exact) mass is 550 g/mol. The minimum Gasteiger partial charge on any atom is -0.453 e. The first-order valence-corrected chi connectivity index (χ1v) is 13.2. The maximum atomic E-state index is 12.8. The average Bonchev–Trinajstić information content (AvgIpc) is 2.70. The van der Waals surface area contributed by atoms with Crippen LogP contribution in [-0.4, -0.2) is 28.0 Å². The summed E-state index contributed by atoms with van der Waals surface area (Å²) < 4.78 is 56.8. The van der Waals surface area contributed by atoms with Gasteiger partial charge in [-0.2, -0.15) is 0 Å². The minimum atomic E-state index is -4.20. The molecule has 0 bridgehead atoms.